The van der Waals surface area contributed by atoms with Crippen molar-refractivity contribution in [3.63, 3.8) is 0 Å². The monoisotopic (exact) mass is 468 g/mol. The number of hydrogen-bond donors (Lipinski definition) is 2. The lowest BCUT2D eigenvalue weighted by Crippen LogP contribution is -2.15. The second-order valence-corrected chi connectivity index (χ2v) is 9.11. The lowest BCUT2D eigenvalue weighted by Gasteiger charge is -2.21. The summed E-state index contributed by atoms with van der Waals surface area (Å²) in [6.07, 6.45) is 18.9. The number of pyridine rings is 1. The van der Waals surface area contributed by atoms with E-state index >= 15 is 0 Å². The second-order valence-electron chi connectivity index (χ2n) is 9.11. The highest BCUT2D eigenvalue weighted by atomic mass is 15.1. The van der Waals surface area contributed by atoms with Gasteiger partial charge in [0.05, 0.1) is 29.4 Å². The fourth-order valence-electron chi connectivity index (χ4n) is 4.34. The second kappa shape index (κ2) is 11.6. The summed E-state index contributed by atoms with van der Waals surface area (Å²) in [5.41, 5.74) is 5.11. The van der Waals surface area contributed by atoms with Crippen molar-refractivity contribution in [2.45, 2.75) is 58.5 Å². The van der Waals surface area contributed by atoms with Crippen LogP contribution >= 0.6 is 0 Å². The van der Waals surface area contributed by atoms with Gasteiger partial charge in [0.2, 0.25) is 0 Å². The standard InChI is InChI=1S/C29H36N6/c1-5-9-21(3)25(29-19-30-20-35(29)24-12-13-24)15-17-32-22(4)28-18-23(14-16-33-28)34-27-11-8-7-10-26(27)31-6-2/h5-11,14-22,24-25,32H,12-13H2,1-4H3,(H,33,34)/b9-5-,17-15+,31-6?. The molecule has 6 nitrogen and oxygen atoms in total. The van der Waals surface area contributed by atoms with E-state index in [1.54, 1.807) is 6.21 Å². The van der Waals surface area contributed by atoms with Gasteiger partial charge in [-0.25, -0.2) is 4.98 Å². The number of allylic oxidation sites excluding steroid dienone is 3. The van der Waals surface area contributed by atoms with Crippen molar-refractivity contribution in [1.29, 1.82) is 0 Å². The van der Waals surface area contributed by atoms with Crippen LogP contribution in [0.1, 0.15) is 69.9 Å². The molecule has 1 fully saturated rings. The zero-order valence-corrected chi connectivity index (χ0v) is 21.1. The Morgan fingerprint density at radius 1 is 1.11 bits per heavy atom. The van der Waals surface area contributed by atoms with E-state index in [1.165, 1.54) is 18.5 Å². The van der Waals surface area contributed by atoms with Gasteiger partial charge in [-0.1, -0.05) is 37.3 Å². The minimum atomic E-state index is 0.0583. The fraction of sp³-hybridized carbons (Fsp3) is 0.345. The summed E-state index contributed by atoms with van der Waals surface area (Å²) < 4.78 is 2.36. The van der Waals surface area contributed by atoms with Crippen LogP contribution in [-0.2, 0) is 0 Å². The van der Waals surface area contributed by atoms with Crippen LogP contribution in [0.15, 0.2) is 84.5 Å². The Morgan fingerprint density at radius 2 is 1.94 bits per heavy atom. The first-order valence-electron chi connectivity index (χ1n) is 12.5. The van der Waals surface area contributed by atoms with Crippen LogP contribution in [0.25, 0.3) is 0 Å². The van der Waals surface area contributed by atoms with Gasteiger partial charge < -0.3 is 15.2 Å². The molecule has 3 unspecified atom stereocenters. The molecule has 1 saturated carbocycles. The number of para-hydroxylation sites is 2. The Labute approximate surface area is 208 Å². The number of nitrogens with zero attached hydrogens (tertiary/aromatic N) is 4. The molecule has 6 heteroatoms. The van der Waals surface area contributed by atoms with Crippen LogP contribution in [0.5, 0.6) is 0 Å². The summed E-state index contributed by atoms with van der Waals surface area (Å²) in [7, 11) is 0. The van der Waals surface area contributed by atoms with E-state index in [4.69, 9.17) is 0 Å². The Balaban J connectivity index is 1.46. The predicted molar refractivity (Wildman–Crippen MR) is 146 cm³/mol. The van der Waals surface area contributed by atoms with Crippen LogP contribution in [0, 0.1) is 5.92 Å². The summed E-state index contributed by atoms with van der Waals surface area (Å²) in [5.74, 6) is 0.629. The van der Waals surface area contributed by atoms with E-state index in [1.807, 2.05) is 56.0 Å². The SMILES string of the molecule is CC=Nc1ccccc1Nc1ccnc(C(C)N/C=C/C(c2cncn2C2CC2)C(C)/C=C\C)c1. The number of benzene rings is 1. The van der Waals surface area contributed by atoms with Crippen LogP contribution < -0.4 is 10.6 Å². The molecule has 1 aromatic carbocycles. The molecule has 1 aliphatic carbocycles. The Hall–Kier alpha value is -3.67. The molecule has 0 amide bonds. The average molecular weight is 469 g/mol. The van der Waals surface area contributed by atoms with E-state index in [0.29, 0.717) is 12.0 Å². The number of hydrogen-bond acceptors (Lipinski definition) is 5. The highest BCUT2D eigenvalue weighted by Crippen LogP contribution is 2.39. The first-order chi connectivity index (χ1) is 17.1. The highest BCUT2D eigenvalue weighted by molar-refractivity contribution is 5.75. The van der Waals surface area contributed by atoms with E-state index < -0.39 is 0 Å². The van der Waals surface area contributed by atoms with E-state index in [-0.39, 0.29) is 12.0 Å². The maximum atomic E-state index is 4.61. The Morgan fingerprint density at radius 3 is 2.71 bits per heavy atom. The first kappa shape index (κ1) is 24.5. The number of nitrogens with one attached hydrogen (secondary N) is 2. The summed E-state index contributed by atoms with van der Waals surface area (Å²) in [6.45, 7) is 8.39. The van der Waals surface area contributed by atoms with Gasteiger partial charge in [-0.3, -0.25) is 9.98 Å². The van der Waals surface area contributed by atoms with Crippen molar-refractivity contribution in [2.24, 2.45) is 10.9 Å². The van der Waals surface area contributed by atoms with Gasteiger partial charge in [0.15, 0.2) is 0 Å². The summed E-state index contributed by atoms with van der Waals surface area (Å²) in [6, 6.07) is 12.8. The number of rotatable bonds is 11. The first-order valence-corrected chi connectivity index (χ1v) is 12.5. The molecule has 3 aromatic rings. The van der Waals surface area contributed by atoms with Crippen LogP contribution in [-0.4, -0.2) is 20.7 Å². The summed E-state index contributed by atoms with van der Waals surface area (Å²) >= 11 is 0. The highest BCUT2D eigenvalue weighted by Gasteiger charge is 2.28. The lowest BCUT2D eigenvalue weighted by atomic mass is 9.90. The maximum Gasteiger partial charge on any atom is 0.0950 e. The third-order valence-electron chi connectivity index (χ3n) is 6.37. The van der Waals surface area contributed by atoms with Crippen molar-refractivity contribution in [1.82, 2.24) is 19.9 Å². The molecule has 3 atom stereocenters. The van der Waals surface area contributed by atoms with Gasteiger partial charge in [-0.2, -0.15) is 0 Å². The van der Waals surface area contributed by atoms with E-state index in [2.05, 4.69) is 81.4 Å². The van der Waals surface area contributed by atoms with E-state index in [9.17, 15) is 0 Å². The summed E-state index contributed by atoms with van der Waals surface area (Å²) in [4.78, 5) is 13.5. The third kappa shape index (κ3) is 6.27. The molecule has 182 valence electrons. The smallest absolute Gasteiger partial charge is 0.0950 e. The van der Waals surface area contributed by atoms with Gasteiger partial charge in [-0.05, 0) is 70.0 Å². The van der Waals surface area contributed by atoms with Crippen LogP contribution in [0.4, 0.5) is 17.1 Å². The van der Waals surface area contributed by atoms with Crippen LogP contribution in [0.3, 0.4) is 0 Å². The van der Waals surface area contributed by atoms with Gasteiger partial charge in [0, 0.05) is 41.9 Å². The molecule has 0 spiro atoms. The molecule has 0 bridgehead atoms. The molecular formula is C29H36N6. The zero-order chi connectivity index (χ0) is 24.6. The average Bonchev–Trinajstić information content (AvgIpc) is 3.60. The third-order valence-corrected chi connectivity index (χ3v) is 6.37. The van der Waals surface area contributed by atoms with Crippen molar-refractivity contribution in [2.75, 3.05) is 5.32 Å². The molecule has 0 aliphatic heterocycles. The number of aliphatic imine (C=N–C) groups is 1. The molecule has 2 heterocycles. The molecule has 4 rings (SSSR count). The van der Waals surface area contributed by atoms with Crippen molar-refractivity contribution in [3.05, 3.63) is 90.9 Å². The number of imidazole rings is 1. The molecule has 2 N–H and O–H groups in total. The largest absolute Gasteiger partial charge is 0.383 e. The van der Waals surface area contributed by atoms with E-state index in [0.717, 1.165) is 22.8 Å². The van der Waals surface area contributed by atoms with Gasteiger partial charge in [0.25, 0.3) is 0 Å². The normalized spacial score (nSPS) is 16.7. The summed E-state index contributed by atoms with van der Waals surface area (Å²) in [5, 5.41) is 7.01. The van der Waals surface area contributed by atoms with Gasteiger partial charge in [0.1, 0.15) is 0 Å². The zero-order valence-electron chi connectivity index (χ0n) is 21.1. The lowest BCUT2D eigenvalue weighted by molar-refractivity contribution is 0.571. The van der Waals surface area contributed by atoms with Crippen molar-refractivity contribution in [3.8, 4) is 0 Å². The Kier molecular flexibility index (Phi) is 8.14. The molecular weight excluding hydrogens is 432 g/mol. The van der Waals surface area contributed by atoms with Gasteiger partial charge >= 0.3 is 0 Å². The molecule has 2 aromatic heterocycles. The Bertz CT molecular complexity index is 1190. The molecule has 0 radical (unpaired) electrons. The molecule has 35 heavy (non-hydrogen) atoms. The predicted octanol–water partition coefficient (Wildman–Crippen LogP) is 7.24. The topological polar surface area (TPSA) is 67.1 Å². The number of aromatic nitrogens is 3. The van der Waals surface area contributed by atoms with Crippen molar-refractivity contribution >= 4 is 23.3 Å². The molecule has 0 saturated heterocycles. The number of anilines is 2. The van der Waals surface area contributed by atoms with Crippen molar-refractivity contribution < 1.29 is 0 Å². The van der Waals surface area contributed by atoms with Gasteiger partial charge in [-0.15, -0.1) is 0 Å². The quantitative estimate of drug-likeness (QED) is 0.230. The fourth-order valence-corrected chi connectivity index (χ4v) is 4.34. The molecule has 1 aliphatic rings. The minimum Gasteiger partial charge on any atom is -0.383 e. The van der Waals surface area contributed by atoms with Crippen LogP contribution in [0.2, 0.25) is 0 Å². The minimum absolute atomic E-state index is 0.0583. The maximum absolute atomic E-state index is 4.61.